The topological polar surface area (TPSA) is 71.5 Å². The number of aromatic amines is 1. The minimum Gasteiger partial charge on any atom is -0.508 e. The Morgan fingerprint density at radius 3 is 2.59 bits per heavy atom. The molecule has 0 bridgehead atoms. The Morgan fingerprint density at radius 1 is 1.12 bits per heavy atom. The summed E-state index contributed by atoms with van der Waals surface area (Å²) in [6.07, 6.45) is 8.70. The van der Waals surface area contributed by atoms with Crippen molar-refractivity contribution >= 4 is 28.6 Å². The third kappa shape index (κ3) is 4.92. The summed E-state index contributed by atoms with van der Waals surface area (Å²) in [7, 11) is 2.07. The standard InChI is InChI=1S/C19H18N2O2S.C7H15N/c22-13-6-5-12(18(23)10-13)9-17-19-15(7-8-21(17)11-24)14-3-1-2-4-16(14)20-19;1-8-7-5-3-2-4-6-7/h1-6,10-11,17,20,22-23H,7-9H2;7-8H,2-6H2,1H3. The quantitative estimate of drug-likeness (QED) is 0.410. The van der Waals surface area contributed by atoms with Crippen molar-refractivity contribution in [2.45, 2.75) is 57.0 Å². The molecule has 6 heteroatoms. The lowest BCUT2D eigenvalue weighted by Crippen LogP contribution is -2.35. The molecule has 5 rings (SSSR count). The van der Waals surface area contributed by atoms with Gasteiger partial charge in [0.05, 0.1) is 11.5 Å². The minimum absolute atomic E-state index is 0.0501. The Morgan fingerprint density at radius 2 is 1.91 bits per heavy atom. The van der Waals surface area contributed by atoms with Crippen molar-refractivity contribution in [3.05, 3.63) is 59.3 Å². The summed E-state index contributed by atoms with van der Waals surface area (Å²) in [5, 5.41) is 24.2. The summed E-state index contributed by atoms with van der Waals surface area (Å²) < 4.78 is 0. The molecule has 32 heavy (non-hydrogen) atoms. The van der Waals surface area contributed by atoms with Gasteiger partial charge in [-0.05, 0) is 49.6 Å². The van der Waals surface area contributed by atoms with E-state index in [1.807, 2.05) is 6.07 Å². The molecule has 1 aromatic heterocycles. The molecule has 0 saturated heterocycles. The molecule has 170 valence electrons. The van der Waals surface area contributed by atoms with E-state index in [4.69, 9.17) is 12.2 Å². The number of rotatable bonds is 4. The summed E-state index contributed by atoms with van der Waals surface area (Å²) in [6, 6.07) is 14.0. The van der Waals surface area contributed by atoms with Crippen LogP contribution >= 0.6 is 12.2 Å². The molecule has 0 radical (unpaired) electrons. The average molecular weight is 452 g/mol. The van der Waals surface area contributed by atoms with Crippen molar-refractivity contribution in [3.8, 4) is 11.5 Å². The number of hydrogen-bond donors (Lipinski definition) is 4. The Hall–Kier alpha value is -2.57. The van der Waals surface area contributed by atoms with Crippen molar-refractivity contribution < 1.29 is 10.2 Å². The maximum atomic E-state index is 10.1. The lowest BCUT2D eigenvalue weighted by atomic mass is 9.93. The van der Waals surface area contributed by atoms with Crippen molar-refractivity contribution in [1.29, 1.82) is 0 Å². The second-order valence-electron chi connectivity index (χ2n) is 8.81. The molecule has 5 nitrogen and oxygen atoms in total. The van der Waals surface area contributed by atoms with Crippen molar-refractivity contribution in [1.82, 2.24) is 15.2 Å². The highest BCUT2D eigenvalue weighted by atomic mass is 32.1. The van der Waals surface area contributed by atoms with Crippen LogP contribution in [-0.2, 0) is 12.8 Å². The Balaban J connectivity index is 0.000000260. The van der Waals surface area contributed by atoms with Crippen LogP contribution in [0.5, 0.6) is 11.5 Å². The molecule has 0 spiro atoms. The summed E-state index contributed by atoms with van der Waals surface area (Å²) in [5.74, 6) is 0.181. The van der Waals surface area contributed by atoms with Gasteiger partial charge in [0.15, 0.2) is 0 Å². The van der Waals surface area contributed by atoms with Crippen LogP contribution in [0.4, 0.5) is 0 Å². The number of nitrogens with zero attached hydrogens (tertiary/aromatic N) is 1. The first-order valence-electron chi connectivity index (χ1n) is 11.6. The Kier molecular flexibility index (Phi) is 7.33. The first kappa shape index (κ1) is 22.6. The molecule has 1 unspecified atom stereocenters. The molecule has 4 N–H and O–H groups in total. The number of fused-ring (bicyclic) bond motifs is 3. The molecule has 2 aromatic carbocycles. The van der Waals surface area contributed by atoms with Gasteiger partial charge in [-0.15, -0.1) is 0 Å². The summed E-state index contributed by atoms with van der Waals surface area (Å²) in [6.45, 7) is 0.863. The highest BCUT2D eigenvalue weighted by Crippen LogP contribution is 2.37. The van der Waals surface area contributed by atoms with E-state index >= 15 is 0 Å². The van der Waals surface area contributed by atoms with E-state index in [0.29, 0.717) is 6.42 Å². The third-order valence-corrected chi connectivity index (χ3v) is 7.10. The van der Waals surface area contributed by atoms with Gasteiger partial charge in [-0.1, -0.05) is 55.7 Å². The van der Waals surface area contributed by atoms with Crippen LogP contribution in [0, 0.1) is 0 Å². The second kappa shape index (κ2) is 10.4. The zero-order valence-electron chi connectivity index (χ0n) is 18.7. The number of thiocarbonyl (C=S) groups is 1. The van der Waals surface area contributed by atoms with Crippen LogP contribution in [0.1, 0.15) is 55.0 Å². The molecule has 2 heterocycles. The normalized spacial score (nSPS) is 18.7. The SMILES string of the molecule is CNC1CCCCC1.Oc1ccc(CC2c3[nH]c4ccccc4c3CCN2C=S)c(O)c1. The lowest BCUT2D eigenvalue weighted by Gasteiger charge is -2.34. The highest BCUT2D eigenvalue weighted by Gasteiger charge is 2.29. The van der Waals surface area contributed by atoms with Crippen LogP contribution in [0.25, 0.3) is 10.9 Å². The number of benzene rings is 2. The number of phenols is 2. The largest absolute Gasteiger partial charge is 0.508 e. The predicted molar refractivity (Wildman–Crippen MR) is 135 cm³/mol. The Labute approximate surface area is 195 Å². The van der Waals surface area contributed by atoms with Gasteiger partial charge in [-0.3, -0.25) is 0 Å². The van der Waals surface area contributed by atoms with Crippen LogP contribution in [0.15, 0.2) is 42.5 Å². The van der Waals surface area contributed by atoms with Crippen LogP contribution in [0.3, 0.4) is 0 Å². The number of aromatic hydroxyl groups is 2. The number of H-pyrrole nitrogens is 1. The number of nitrogens with one attached hydrogen (secondary N) is 2. The first-order valence-corrected chi connectivity index (χ1v) is 12.1. The van der Waals surface area contributed by atoms with E-state index in [9.17, 15) is 10.2 Å². The minimum atomic E-state index is 0.0501. The van der Waals surface area contributed by atoms with Gasteiger partial charge in [0.1, 0.15) is 11.5 Å². The van der Waals surface area contributed by atoms with Crippen LogP contribution in [0.2, 0.25) is 0 Å². The number of para-hydroxylation sites is 1. The number of phenolic OH excluding ortho intramolecular Hbond substituents is 2. The van der Waals surface area contributed by atoms with E-state index in [1.165, 1.54) is 49.1 Å². The molecule has 1 fully saturated rings. The smallest absolute Gasteiger partial charge is 0.122 e. The predicted octanol–water partition coefficient (Wildman–Crippen LogP) is 5.22. The molecule has 3 aromatic rings. The van der Waals surface area contributed by atoms with Gasteiger partial charge in [0.2, 0.25) is 0 Å². The maximum Gasteiger partial charge on any atom is 0.122 e. The monoisotopic (exact) mass is 451 g/mol. The van der Waals surface area contributed by atoms with Gasteiger partial charge < -0.3 is 25.4 Å². The van der Waals surface area contributed by atoms with E-state index in [2.05, 4.69) is 40.4 Å². The summed E-state index contributed by atoms with van der Waals surface area (Å²) in [4.78, 5) is 5.68. The molecule has 1 aliphatic carbocycles. The molecule has 2 aliphatic rings. The molecular formula is C26H33N3O2S. The van der Waals surface area contributed by atoms with Crippen LogP contribution < -0.4 is 5.32 Å². The number of aromatic nitrogens is 1. The molecule has 1 aliphatic heterocycles. The van der Waals surface area contributed by atoms with E-state index in [0.717, 1.165) is 35.8 Å². The zero-order valence-corrected chi connectivity index (χ0v) is 19.5. The van der Waals surface area contributed by atoms with Crippen LogP contribution in [-0.4, -0.2) is 45.2 Å². The van der Waals surface area contributed by atoms with Crippen molar-refractivity contribution in [2.75, 3.05) is 13.6 Å². The molecule has 1 atom stereocenters. The van der Waals surface area contributed by atoms with Gasteiger partial charge >= 0.3 is 0 Å². The molecule has 1 saturated carbocycles. The average Bonchev–Trinajstić information content (AvgIpc) is 3.21. The Bertz CT molecular complexity index is 1060. The first-order chi connectivity index (χ1) is 15.6. The number of hydrogen-bond acceptors (Lipinski definition) is 4. The second-order valence-corrected chi connectivity index (χ2v) is 9.02. The van der Waals surface area contributed by atoms with Crippen molar-refractivity contribution in [3.63, 3.8) is 0 Å². The van der Waals surface area contributed by atoms with Gasteiger partial charge in [0, 0.05) is 41.7 Å². The maximum absolute atomic E-state index is 10.1. The summed E-state index contributed by atoms with van der Waals surface area (Å²) in [5.41, 5.74) is 6.13. The highest BCUT2D eigenvalue weighted by molar-refractivity contribution is 7.78. The fraction of sp³-hybridized carbons (Fsp3) is 0.423. The van der Waals surface area contributed by atoms with E-state index in [1.54, 1.807) is 17.6 Å². The van der Waals surface area contributed by atoms with Gasteiger partial charge in [-0.25, -0.2) is 0 Å². The third-order valence-electron chi connectivity index (χ3n) is 6.83. The van der Waals surface area contributed by atoms with Gasteiger partial charge in [-0.2, -0.15) is 0 Å². The lowest BCUT2D eigenvalue weighted by molar-refractivity contribution is 0.303. The van der Waals surface area contributed by atoms with E-state index < -0.39 is 0 Å². The zero-order chi connectivity index (χ0) is 22.5. The van der Waals surface area contributed by atoms with Gasteiger partial charge in [0.25, 0.3) is 0 Å². The molecule has 0 amide bonds. The fourth-order valence-electron chi connectivity index (χ4n) is 5.01. The summed E-state index contributed by atoms with van der Waals surface area (Å²) >= 11 is 5.21. The van der Waals surface area contributed by atoms with Crippen molar-refractivity contribution in [2.24, 2.45) is 0 Å². The fourth-order valence-corrected chi connectivity index (χ4v) is 5.26. The molecular weight excluding hydrogens is 418 g/mol. The van der Waals surface area contributed by atoms with E-state index in [-0.39, 0.29) is 17.5 Å².